The van der Waals surface area contributed by atoms with Gasteiger partial charge in [0.05, 0.1) is 5.69 Å². The maximum atomic E-state index is 13.9. The van der Waals surface area contributed by atoms with Gasteiger partial charge in [-0.15, -0.1) is 0 Å². The molecule has 0 aromatic heterocycles. The summed E-state index contributed by atoms with van der Waals surface area (Å²) in [5.41, 5.74) is 1.33. The molecule has 1 aliphatic rings. The first kappa shape index (κ1) is 19.9. The van der Waals surface area contributed by atoms with Crippen LogP contribution in [0.5, 0.6) is 0 Å². The highest BCUT2D eigenvalue weighted by atomic mass is 19.1. The third-order valence-corrected chi connectivity index (χ3v) is 4.64. The largest absolute Gasteiger partial charge is 0.366 e. The number of carbonyl (C=O) groups is 2. The molecule has 2 amide bonds. The van der Waals surface area contributed by atoms with Crippen LogP contribution in [0.4, 0.5) is 10.1 Å². The van der Waals surface area contributed by atoms with E-state index in [2.05, 4.69) is 5.32 Å². The molecule has 1 saturated heterocycles. The second-order valence-electron chi connectivity index (χ2n) is 8.01. The van der Waals surface area contributed by atoms with Crippen LogP contribution in [0, 0.1) is 5.82 Å². The summed E-state index contributed by atoms with van der Waals surface area (Å²) in [7, 11) is 0. The average Bonchev–Trinajstić information content (AvgIpc) is 2.67. The molecule has 1 fully saturated rings. The fraction of sp³-hybridized carbons (Fsp3) is 0.364. The molecule has 1 N–H and O–H groups in total. The molecule has 2 aromatic carbocycles. The van der Waals surface area contributed by atoms with Gasteiger partial charge in [0.2, 0.25) is 0 Å². The molecular weight excluding hydrogens is 357 g/mol. The lowest BCUT2D eigenvalue weighted by atomic mass is 10.1. The van der Waals surface area contributed by atoms with Crippen molar-refractivity contribution in [3.8, 4) is 0 Å². The van der Waals surface area contributed by atoms with Gasteiger partial charge in [-0.25, -0.2) is 4.39 Å². The van der Waals surface area contributed by atoms with Gasteiger partial charge < -0.3 is 15.1 Å². The van der Waals surface area contributed by atoms with Crippen molar-refractivity contribution in [2.24, 2.45) is 0 Å². The highest BCUT2D eigenvalue weighted by Crippen LogP contribution is 2.21. The van der Waals surface area contributed by atoms with Crippen molar-refractivity contribution in [3.05, 3.63) is 65.5 Å². The minimum absolute atomic E-state index is 0.0732. The first-order valence-corrected chi connectivity index (χ1v) is 9.46. The first-order chi connectivity index (χ1) is 13.2. The van der Waals surface area contributed by atoms with Crippen molar-refractivity contribution in [3.63, 3.8) is 0 Å². The van der Waals surface area contributed by atoms with Crippen molar-refractivity contribution in [1.82, 2.24) is 10.2 Å². The smallest absolute Gasteiger partial charge is 0.253 e. The molecular formula is C22H26FN3O2. The number of amides is 2. The van der Waals surface area contributed by atoms with Crippen LogP contribution in [0.1, 0.15) is 41.5 Å². The zero-order chi connectivity index (χ0) is 20.3. The minimum atomic E-state index is -0.316. The van der Waals surface area contributed by atoms with Crippen LogP contribution in [-0.2, 0) is 0 Å². The minimum Gasteiger partial charge on any atom is -0.366 e. The Labute approximate surface area is 165 Å². The normalized spacial score (nSPS) is 14.7. The van der Waals surface area contributed by atoms with Crippen LogP contribution in [0.3, 0.4) is 0 Å². The van der Waals surface area contributed by atoms with E-state index in [-0.39, 0.29) is 23.2 Å². The summed E-state index contributed by atoms with van der Waals surface area (Å²) < 4.78 is 13.9. The van der Waals surface area contributed by atoms with Gasteiger partial charge in [-0.1, -0.05) is 12.1 Å². The first-order valence-electron chi connectivity index (χ1n) is 9.46. The van der Waals surface area contributed by atoms with Crippen LogP contribution in [0.2, 0.25) is 0 Å². The lowest BCUT2D eigenvalue weighted by molar-refractivity contribution is 0.0745. The van der Waals surface area contributed by atoms with Gasteiger partial charge in [0, 0.05) is 42.8 Å². The Bertz CT molecular complexity index is 851. The maximum Gasteiger partial charge on any atom is 0.253 e. The second kappa shape index (κ2) is 8.00. The third-order valence-electron chi connectivity index (χ3n) is 4.64. The number of rotatable bonds is 3. The molecule has 3 rings (SSSR count). The highest BCUT2D eigenvalue weighted by molar-refractivity contribution is 5.98. The Kier molecular flexibility index (Phi) is 5.68. The Morgan fingerprint density at radius 1 is 0.893 bits per heavy atom. The molecule has 28 heavy (non-hydrogen) atoms. The lowest BCUT2D eigenvalue weighted by Crippen LogP contribution is -2.49. The summed E-state index contributed by atoms with van der Waals surface area (Å²) in [6.07, 6.45) is 0. The SMILES string of the molecule is CC(C)(C)NC(=O)c1ccc(C(=O)N2CCN(c3ccccc3F)CC2)cc1. The van der Waals surface area contributed by atoms with E-state index in [1.165, 1.54) is 6.07 Å². The van der Waals surface area contributed by atoms with Gasteiger partial charge >= 0.3 is 0 Å². The van der Waals surface area contributed by atoms with Gasteiger partial charge in [0.15, 0.2) is 0 Å². The molecule has 0 saturated carbocycles. The van der Waals surface area contributed by atoms with Crippen molar-refractivity contribution < 1.29 is 14.0 Å². The molecule has 0 atom stereocenters. The Morgan fingerprint density at radius 3 is 2.04 bits per heavy atom. The monoisotopic (exact) mass is 383 g/mol. The van der Waals surface area contributed by atoms with Crippen molar-refractivity contribution in [1.29, 1.82) is 0 Å². The number of benzene rings is 2. The second-order valence-corrected chi connectivity index (χ2v) is 8.01. The van der Waals surface area contributed by atoms with Crippen LogP contribution >= 0.6 is 0 Å². The van der Waals surface area contributed by atoms with E-state index in [0.717, 1.165) is 0 Å². The molecule has 0 unspecified atom stereocenters. The fourth-order valence-corrected chi connectivity index (χ4v) is 3.22. The van der Waals surface area contributed by atoms with Crippen LogP contribution in [-0.4, -0.2) is 48.4 Å². The molecule has 6 heteroatoms. The summed E-state index contributed by atoms with van der Waals surface area (Å²) in [5.74, 6) is -0.479. The van der Waals surface area contributed by atoms with Crippen molar-refractivity contribution in [2.75, 3.05) is 31.1 Å². The molecule has 2 aromatic rings. The van der Waals surface area contributed by atoms with Crippen LogP contribution in [0.25, 0.3) is 0 Å². The third kappa shape index (κ3) is 4.68. The fourth-order valence-electron chi connectivity index (χ4n) is 3.22. The van der Waals surface area contributed by atoms with Crippen LogP contribution in [0.15, 0.2) is 48.5 Å². The molecule has 148 valence electrons. The molecule has 0 aliphatic carbocycles. The van der Waals surface area contributed by atoms with E-state index < -0.39 is 0 Å². The quantitative estimate of drug-likeness (QED) is 0.885. The van der Waals surface area contributed by atoms with Gasteiger partial charge in [-0.3, -0.25) is 9.59 Å². The molecule has 0 spiro atoms. The van der Waals surface area contributed by atoms with E-state index in [9.17, 15) is 14.0 Å². The van der Waals surface area contributed by atoms with Crippen LogP contribution < -0.4 is 10.2 Å². The number of anilines is 1. The van der Waals surface area contributed by atoms with E-state index in [1.807, 2.05) is 31.7 Å². The standard InChI is InChI=1S/C22H26FN3O2/c1-22(2,3)24-20(27)16-8-10-17(11-9-16)21(28)26-14-12-25(13-15-26)19-7-5-4-6-18(19)23/h4-11H,12-15H2,1-3H3,(H,24,27). The number of carbonyl (C=O) groups excluding carboxylic acids is 2. The van der Waals surface area contributed by atoms with Gasteiger partial charge in [-0.2, -0.15) is 0 Å². The summed E-state index contributed by atoms with van der Waals surface area (Å²) in [5, 5.41) is 2.90. The predicted molar refractivity (Wildman–Crippen MR) is 108 cm³/mol. The Morgan fingerprint density at radius 2 is 1.46 bits per heavy atom. The summed E-state index contributed by atoms with van der Waals surface area (Å²) in [6, 6.07) is 13.4. The average molecular weight is 383 g/mol. The lowest BCUT2D eigenvalue weighted by Gasteiger charge is -2.36. The molecule has 1 heterocycles. The van der Waals surface area contributed by atoms with Gasteiger partial charge in [-0.05, 0) is 57.2 Å². The summed E-state index contributed by atoms with van der Waals surface area (Å²) >= 11 is 0. The van der Waals surface area contributed by atoms with Gasteiger partial charge in [0.25, 0.3) is 11.8 Å². The number of halogens is 1. The van der Waals surface area contributed by atoms with Crippen molar-refractivity contribution in [2.45, 2.75) is 26.3 Å². The topological polar surface area (TPSA) is 52.7 Å². The highest BCUT2D eigenvalue weighted by Gasteiger charge is 2.24. The Balaban J connectivity index is 1.61. The van der Waals surface area contributed by atoms with E-state index >= 15 is 0 Å². The number of nitrogens with zero attached hydrogens (tertiary/aromatic N) is 2. The molecule has 0 radical (unpaired) electrons. The molecule has 1 aliphatic heterocycles. The Hall–Kier alpha value is -2.89. The molecule has 0 bridgehead atoms. The number of hydrogen-bond donors (Lipinski definition) is 1. The summed E-state index contributed by atoms with van der Waals surface area (Å²) in [6.45, 7) is 7.98. The summed E-state index contributed by atoms with van der Waals surface area (Å²) in [4.78, 5) is 28.7. The number of nitrogens with one attached hydrogen (secondary N) is 1. The van der Waals surface area contributed by atoms with E-state index in [1.54, 1.807) is 41.3 Å². The number of para-hydroxylation sites is 1. The van der Waals surface area contributed by atoms with Crippen molar-refractivity contribution >= 4 is 17.5 Å². The number of hydrogen-bond acceptors (Lipinski definition) is 3. The predicted octanol–water partition coefficient (Wildman–Crippen LogP) is 3.32. The maximum absolute atomic E-state index is 13.9. The van der Waals surface area contributed by atoms with Gasteiger partial charge in [0.1, 0.15) is 5.82 Å². The molecule has 5 nitrogen and oxygen atoms in total. The van der Waals surface area contributed by atoms with E-state index in [0.29, 0.717) is 43.0 Å². The zero-order valence-corrected chi connectivity index (χ0v) is 16.5. The van der Waals surface area contributed by atoms with E-state index in [4.69, 9.17) is 0 Å². The zero-order valence-electron chi connectivity index (χ0n) is 16.5. The number of piperazine rings is 1.